The van der Waals surface area contributed by atoms with Crippen molar-refractivity contribution in [2.45, 2.75) is 39.4 Å². The third-order valence-electron chi connectivity index (χ3n) is 5.93. The molecule has 8 heteroatoms. The molecular weight excluding hydrogens is 403 g/mol. The van der Waals surface area contributed by atoms with Crippen molar-refractivity contribution < 1.29 is 13.9 Å². The lowest BCUT2D eigenvalue weighted by atomic mass is 9.82. The number of hydrogen-bond donors (Lipinski definition) is 0. The van der Waals surface area contributed by atoms with Gasteiger partial charge in [0, 0.05) is 36.2 Å². The summed E-state index contributed by atoms with van der Waals surface area (Å²) in [4.78, 5) is 24.3. The Hall–Kier alpha value is -2.79. The van der Waals surface area contributed by atoms with Gasteiger partial charge in [0.25, 0.3) is 0 Å². The summed E-state index contributed by atoms with van der Waals surface area (Å²) in [7, 11) is 0. The van der Waals surface area contributed by atoms with E-state index >= 15 is 0 Å². The van der Waals surface area contributed by atoms with Gasteiger partial charge in [-0.25, -0.2) is 14.2 Å². The van der Waals surface area contributed by atoms with Crippen LogP contribution >= 0.6 is 11.3 Å². The molecular formula is C22H23FN4O2S. The van der Waals surface area contributed by atoms with E-state index in [4.69, 9.17) is 9.73 Å². The van der Waals surface area contributed by atoms with Gasteiger partial charge < -0.3 is 9.64 Å². The average molecular weight is 427 g/mol. The van der Waals surface area contributed by atoms with E-state index in [1.54, 1.807) is 19.2 Å². The van der Waals surface area contributed by atoms with Crippen LogP contribution in [0.25, 0.3) is 0 Å². The van der Waals surface area contributed by atoms with Crippen LogP contribution in [0.4, 0.5) is 4.39 Å². The van der Waals surface area contributed by atoms with E-state index < -0.39 is 18.2 Å². The van der Waals surface area contributed by atoms with Gasteiger partial charge in [0.1, 0.15) is 12.2 Å². The molecule has 1 saturated heterocycles. The molecule has 1 aromatic rings. The Morgan fingerprint density at radius 3 is 2.97 bits per heavy atom. The molecule has 3 aliphatic rings. The number of esters is 1. The lowest BCUT2D eigenvalue weighted by Gasteiger charge is -2.34. The molecule has 0 N–H and O–H groups in total. The zero-order chi connectivity index (χ0) is 21.4. The molecule has 0 bridgehead atoms. The average Bonchev–Trinajstić information content (AvgIpc) is 3.41. The minimum absolute atomic E-state index is 0.240. The Labute approximate surface area is 179 Å². The van der Waals surface area contributed by atoms with Crippen molar-refractivity contribution in [3.8, 4) is 6.07 Å². The largest absolute Gasteiger partial charge is 0.463 e. The van der Waals surface area contributed by atoms with Gasteiger partial charge in [-0.05, 0) is 25.5 Å². The fraction of sp³-hybridized carbons (Fsp3) is 0.455. The molecule has 0 saturated carbocycles. The summed E-state index contributed by atoms with van der Waals surface area (Å²) in [6.45, 7) is 6.18. The molecule has 4 rings (SSSR count). The van der Waals surface area contributed by atoms with Gasteiger partial charge >= 0.3 is 5.97 Å². The van der Waals surface area contributed by atoms with Gasteiger partial charge in [0.05, 0.1) is 24.2 Å². The van der Waals surface area contributed by atoms with Gasteiger partial charge in [0.15, 0.2) is 10.8 Å². The van der Waals surface area contributed by atoms with Crippen LogP contribution in [-0.2, 0) is 9.53 Å². The Morgan fingerprint density at radius 1 is 1.50 bits per heavy atom. The molecule has 2 unspecified atom stereocenters. The van der Waals surface area contributed by atoms with Crippen LogP contribution in [0.15, 0.2) is 51.1 Å². The van der Waals surface area contributed by atoms with Crippen LogP contribution in [0.5, 0.6) is 0 Å². The van der Waals surface area contributed by atoms with E-state index in [-0.39, 0.29) is 18.4 Å². The number of aliphatic imine (C=N–C) groups is 1. The van der Waals surface area contributed by atoms with Crippen LogP contribution in [0.1, 0.15) is 32.2 Å². The summed E-state index contributed by atoms with van der Waals surface area (Å²) in [6.07, 6.45) is 4.35. The molecule has 6 nitrogen and oxygen atoms in total. The molecule has 3 heterocycles. The minimum Gasteiger partial charge on any atom is -0.463 e. The third-order valence-corrected chi connectivity index (χ3v) is 6.70. The number of aromatic nitrogens is 1. The predicted octanol–water partition coefficient (Wildman–Crippen LogP) is 3.80. The first-order chi connectivity index (χ1) is 14.5. The van der Waals surface area contributed by atoms with E-state index in [0.29, 0.717) is 24.4 Å². The number of ether oxygens (including phenoxy) is 1. The number of carbonyl (C=O) groups excluding carboxylic acids is 1. The quantitative estimate of drug-likeness (QED) is 0.685. The first-order valence-corrected chi connectivity index (χ1v) is 10.9. The molecule has 1 fully saturated rings. The van der Waals surface area contributed by atoms with Crippen molar-refractivity contribution in [2.24, 2.45) is 16.8 Å². The lowest BCUT2D eigenvalue weighted by Crippen LogP contribution is -2.39. The van der Waals surface area contributed by atoms with Crippen LogP contribution < -0.4 is 0 Å². The summed E-state index contributed by atoms with van der Waals surface area (Å²) in [5.74, 6) is -0.337. The molecule has 0 radical (unpaired) electrons. The summed E-state index contributed by atoms with van der Waals surface area (Å²) >= 11 is 1.46. The number of allylic oxidation sites excluding steroid dienone is 3. The van der Waals surface area contributed by atoms with Crippen LogP contribution in [0.3, 0.4) is 0 Å². The van der Waals surface area contributed by atoms with Crippen LogP contribution in [0.2, 0.25) is 0 Å². The predicted molar refractivity (Wildman–Crippen MR) is 112 cm³/mol. The minimum atomic E-state index is -1.07. The van der Waals surface area contributed by atoms with Gasteiger partial charge in [0.2, 0.25) is 0 Å². The zero-order valence-corrected chi connectivity index (χ0v) is 17.9. The van der Waals surface area contributed by atoms with Crippen molar-refractivity contribution in [1.29, 1.82) is 5.26 Å². The number of nitriles is 1. The number of nitrogens with zero attached hydrogens (tertiary/aromatic N) is 4. The Balaban J connectivity index is 1.91. The van der Waals surface area contributed by atoms with Crippen LogP contribution in [-0.4, -0.2) is 47.1 Å². The highest BCUT2D eigenvalue weighted by Crippen LogP contribution is 2.41. The van der Waals surface area contributed by atoms with Crippen LogP contribution in [0, 0.1) is 23.2 Å². The summed E-state index contributed by atoms with van der Waals surface area (Å²) in [5.41, 5.74) is 2.87. The maximum atomic E-state index is 14.2. The fourth-order valence-electron chi connectivity index (χ4n) is 4.18. The van der Waals surface area contributed by atoms with E-state index in [1.165, 1.54) is 17.4 Å². The number of alkyl halides is 1. The second-order valence-electron chi connectivity index (χ2n) is 7.64. The van der Waals surface area contributed by atoms with Gasteiger partial charge in [-0.2, -0.15) is 5.26 Å². The molecule has 0 spiro atoms. The molecule has 1 aromatic heterocycles. The van der Waals surface area contributed by atoms with Crippen molar-refractivity contribution in [2.75, 3.05) is 13.2 Å². The number of amidine groups is 1. The normalized spacial score (nSPS) is 28.4. The summed E-state index contributed by atoms with van der Waals surface area (Å²) in [5, 5.41) is 12.1. The van der Waals surface area contributed by atoms with Crippen molar-refractivity contribution in [3.63, 3.8) is 0 Å². The first-order valence-electron chi connectivity index (χ1n) is 10.0. The van der Waals surface area contributed by atoms with Crippen molar-refractivity contribution in [1.82, 2.24) is 9.88 Å². The van der Waals surface area contributed by atoms with E-state index in [2.05, 4.69) is 11.1 Å². The number of fused-ring (bicyclic) bond motifs is 1. The Bertz CT molecular complexity index is 1020. The van der Waals surface area contributed by atoms with E-state index in [9.17, 15) is 14.4 Å². The highest BCUT2D eigenvalue weighted by atomic mass is 32.1. The molecule has 0 amide bonds. The van der Waals surface area contributed by atoms with Gasteiger partial charge in [-0.1, -0.05) is 18.6 Å². The number of halogens is 1. The SMILES string of the molecule is CCOC(=O)C1=C2C[C@H](C#N)CN2C(c2nccs2)=N[C@H]1C1=C(C)C(C)C(F)C=C1. The second kappa shape index (κ2) is 8.15. The fourth-order valence-corrected chi connectivity index (χ4v) is 4.82. The number of rotatable bonds is 4. The van der Waals surface area contributed by atoms with Gasteiger partial charge in [-0.3, -0.25) is 4.99 Å². The van der Waals surface area contributed by atoms with Gasteiger partial charge in [-0.15, -0.1) is 11.3 Å². The highest BCUT2D eigenvalue weighted by molar-refractivity contribution is 7.11. The standard InChI is InChI=1S/C22H23FN4O2S/c1-4-29-22(28)18-17-9-14(10-24)11-27(17)20(21-25-7-8-30-21)26-19(18)15-5-6-16(23)13(3)12(15)2/h5-8,13-14,16,19H,4,9,11H2,1-3H3/t13?,14-,16?,19+/m1/s1. The molecule has 30 heavy (non-hydrogen) atoms. The highest BCUT2D eigenvalue weighted by Gasteiger charge is 2.43. The number of thiazole rings is 1. The lowest BCUT2D eigenvalue weighted by molar-refractivity contribution is -0.138. The Kier molecular flexibility index (Phi) is 5.56. The van der Waals surface area contributed by atoms with Crippen molar-refractivity contribution in [3.05, 3.63) is 51.2 Å². The molecule has 4 atom stereocenters. The number of hydrogen-bond acceptors (Lipinski definition) is 7. The second-order valence-corrected chi connectivity index (χ2v) is 8.54. The molecule has 2 aliphatic heterocycles. The third kappa shape index (κ3) is 3.37. The molecule has 1 aliphatic carbocycles. The smallest absolute Gasteiger partial charge is 0.338 e. The molecule has 156 valence electrons. The topological polar surface area (TPSA) is 78.6 Å². The zero-order valence-electron chi connectivity index (χ0n) is 17.1. The van der Waals surface area contributed by atoms with Crippen molar-refractivity contribution >= 4 is 23.1 Å². The maximum absolute atomic E-state index is 14.2. The first kappa shape index (κ1) is 20.5. The van der Waals surface area contributed by atoms with E-state index in [1.807, 2.05) is 24.1 Å². The summed E-state index contributed by atoms with van der Waals surface area (Å²) < 4.78 is 19.6. The molecule has 0 aromatic carbocycles. The maximum Gasteiger partial charge on any atom is 0.338 e. The monoisotopic (exact) mass is 426 g/mol. The Morgan fingerprint density at radius 2 is 2.30 bits per heavy atom. The van der Waals surface area contributed by atoms with E-state index in [0.717, 1.165) is 21.9 Å². The number of carbonyl (C=O) groups is 1. The summed E-state index contributed by atoms with van der Waals surface area (Å²) in [6, 6.07) is 1.70.